The van der Waals surface area contributed by atoms with Crippen LogP contribution in [0, 0.1) is 0 Å². The van der Waals surface area contributed by atoms with Crippen LogP contribution in [0.5, 0.6) is 0 Å². The van der Waals surface area contributed by atoms with Gasteiger partial charge in [-0.1, -0.05) is 133 Å². The second-order valence-electron chi connectivity index (χ2n) is 14.8. The van der Waals surface area contributed by atoms with Crippen molar-refractivity contribution in [1.29, 1.82) is 0 Å². The molecule has 0 amide bonds. The van der Waals surface area contributed by atoms with Crippen LogP contribution in [-0.4, -0.2) is 15.0 Å². The molecule has 0 bridgehead atoms. The molecule has 0 atom stereocenters. The van der Waals surface area contributed by atoms with Crippen molar-refractivity contribution >= 4 is 65.4 Å². The summed E-state index contributed by atoms with van der Waals surface area (Å²) in [6.45, 7) is 0. The second-order valence-corrected chi connectivity index (χ2v) is 14.8. The number of benzene rings is 9. The predicted molar refractivity (Wildman–Crippen MR) is 237 cm³/mol. The molecule has 0 radical (unpaired) electrons. The third kappa shape index (κ3) is 5.36. The van der Waals surface area contributed by atoms with Crippen molar-refractivity contribution in [1.82, 2.24) is 15.0 Å². The minimum Gasteiger partial charge on any atom is -0.456 e. The average Bonchev–Trinajstić information content (AvgIpc) is 3.85. The van der Waals surface area contributed by atoms with Gasteiger partial charge in [-0.15, -0.1) is 0 Å². The molecule has 0 saturated heterocycles. The number of hydrogen-bond acceptors (Lipinski definition) is 5. The Morgan fingerprint density at radius 3 is 1.78 bits per heavy atom. The molecule has 12 rings (SSSR count). The molecule has 5 nitrogen and oxygen atoms in total. The zero-order valence-electron chi connectivity index (χ0n) is 31.1. The lowest BCUT2D eigenvalue weighted by Gasteiger charge is -2.11. The molecule has 58 heavy (non-hydrogen) atoms. The van der Waals surface area contributed by atoms with E-state index in [-0.39, 0.29) is 0 Å². The molecule has 3 heterocycles. The van der Waals surface area contributed by atoms with Gasteiger partial charge in [-0.2, -0.15) is 0 Å². The Morgan fingerprint density at radius 1 is 0.276 bits per heavy atom. The molecular weight excluding hydrogens is 711 g/mol. The summed E-state index contributed by atoms with van der Waals surface area (Å²) < 4.78 is 12.9. The summed E-state index contributed by atoms with van der Waals surface area (Å²) >= 11 is 0. The van der Waals surface area contributed by atoms with E-state index >= 15 is 0 Å². The summed E-state index contributed by atoms with van der Waals surface area (Å²) in [7, 11) is 0. The lowest BCUT2D eigenvalue weighted by molar-refractivity contribution is 0.669. The molecule has 0 aliphatic rings. The Labute approximate surface area is 332 Å². The van der Waals surface area contributed by atoms with Gasteiger partial charge in [0.05, 0.1) is 0 Å². The first-order valence-corrected chi connectivity index (χ1v) is 19.4. The van der Waals surface area contributed by atoms with Crippen molar-refractivity contribution in [2.24, 2.45) is 0 Å². The summed E-state index contributed by atoms with van der Waals surface area (Å²) in [6, 6.07) is 65.2. The molecule has 0 fully saturated rings. The Balaban J connectivity index is 1.03. The van der Waals surface area contributed by atoms with Gasteiger partial charge in [0.15, 0.2) is 17.5 Å². The van der Waals surface area contributed by atoms with E-state index < -0.39 is 0 Å². The fraction of sp³-hybridized carbons (Fsp3) is 0. The van der Waals surface area contributed by atoms with E-state index in [0.29, 0.717) is 17.5 Å². The van der Waals surface area contributed by atoms with E-state index in [0.717, 1.165) is 93.6 Å². The molecule has 0 aliphatic carbocycles. The molecule has 0 N–H and O–H groups in total. The third-order valence-electron chi connectivity index (χ3n) is 11.3. The third-order valence-corrected chi connectivity index (χ3v) is 11.3. The SMILES string of the molecule is c1ccc(-c2cccc(-c3nc(-c4ccc5cc6c(cc5c4)oc4ccccc46)nc(-c4cccc5oc6cc(-c7ccc8ccccc8c7)ccc6c45)n3)c2)cc1. The fourth-order valence-electron chi connectivity index (χ4n) is 8.39. The molecular formula is C53H31N3O2. The summed E-state index contributed by atoms with van der Waals surface area (Å²) in [5.41, 5.74) is 10.4. The predicted octanol–water partition coefficient (Wildman–Crippen LogP) is 14.3. The normalized spacial score (nSPS) is 11.8. The van der Waals surface area contributed by atoms with Crippen molar-refractivity contribution in [3.05, 3.63) is 188 Å². The van der Waals surface area contributed by atoms with Gasteiger partial charge in [-0.25, -0.2) is 15.0 Å². The van der Waals surface area contributed by atoms with E-state index in [2.05, 4.69) is 152 Å². The fourth-order valence-corrected chi connectivity index (χ4v) is 8.39. The Bertz CT molecular complexity index is 3580. The maximum absolute atomic E-state index is 6.58. The Morgan fingerprint density at radius 2 is 0.862 bits per heavy atom. The van der Waals surface area contributed by atoms with Crippen LogP contribution < -0.4 is 0 Å². The maximum Gasteiger partial charge on any atom is 0.164 e. The standard InChI is InChI=1S/C53H31N3O2/c1-2-10-32(11-3-1)35-14-8-15-39(27-35)51-54-52(40-23-22-37-29-45-42-16-6-7-18-46(42)57-49(45)31-41(37)28-40)56-53(55-51)44-17-9-19-47-50(44)43-25-24-38(30-48(43)58-47)36-21-20-33-12-4-5-13-34(33)26-36/h1-31H. The number of hydrogen-bond donors (Lipinski definition) is 0. The number of aromatic nitrogens is 3. The number of furan rings is 2. The van der Waals surface area contributed by atoms with E-state index in [4.69, 9.17) is 23.8 Å². The van der Waals surface area contributed by atoms with Crippen LogP contribution in [0.1, 0.15) is 0 Å². The smallest absolute Gasteiger partial charge is 0.164 e. The van der Waals surface area contributed by atoms with Crippen molar-refractivity contribution in [3.63, 3.8) is 0 Å². The minimum atomic E-state index is 0.574. The van der Waals surface area contributed by atoms with Crippen molar-refractivity contribution in [2.45, 2.75) is 0 Å². The van der Waals surface area contributed by atoms with E-state index in [1.54, 1.807) is 0 Å². The first kappa shape index (κ1) is 32.4. The highest BCUT2D eigenvalue weighted by molar-refractivity contribution is 6.13. The molecule has 5 heteroatoms. The number of para-hydroxylation sites is 1. The van der Waals surface area contributed by atoms with Crippen LogP contribution in [0.4, 0.5) is 0 Å². The topological polar surface area (TPSA) is 65.0 Å². The quantitative estimate of drug-likeness (QED) is 0.176. The van der Waals surface area contributed by atoms with Crippen LogP contribution in [0.25, 0.3) is 122 Å². The van der Waals surface area contributed by atoms with Gasteiger partial charge in [0.1, 0.15) is 22.3 Å². The molecule has 3 aromatic heterocycles. The number of rotatable bonds is 5. The van der Waals surface area contributed by atoms with Gasteiger partial charge in [0.2, 0.25) is 0 Å². The maximum atomic E-state index is 6.58. The number of nitrogens with zero attached hydrogens (tertiary/aromatic N) is 3. The van der Waals surface area contributed by atoms with E-state index in [9.17, 15) is 0 Å². The zero-order valence-corrected chi connectivity index (χ0v) is 31.1. The second kappa shape index (κ2) is 12.8. The Kier molecular flexibility index (Phi) is 7.16. The van der Waals surface area contributed by atoms with Gasteiger partial charge < -0.3 is 8.83 Å². The van der Waals surface area contributed by atoms with Crippen molar-refractivity contribution in [2.75, 3.05) is 0 Å². The van der Waals surface area contributed by atoms with Crippen LogP contribution in [0.3, 0.4) is 0 Å². The van der Waals surface area contributed by atoms with Crippen LogP contribution in [0.15, 0.2) is 197 Å². The van der Waals surface area contributed by atoms with E-state index in [1.807, 2.05) is 36.4 Å². The molecule has 0 aliphatic heterocycles. The molecule has 0 saturated carbocycles. The lowest BCUT2D eigenvalue weighted by atomic mass is 9.99. The summed E-state index contributed by atoms with van der Waals surface area (Å²) in [5.74, 6) is 1.75. The zero-order chi connectivity index (χ0) is 38.2. The van der Waals surface area contributed by atoms with Crippen molar-refractivity contribution < 1.29 is 8.83 Å². The first-order chi connectivity index (χ1) is 28.7. The van der Waals surface area contributed by atoms with Gasteiger partial charge in [-0.3, -0.25) is 0 Å². The lowest BCUT2D eigenvalue weighted by Crippen LogP contribution is -2.00. The molecule has 270 valence electrons. The highest BCUT2D eigenvalue weighted by atomic mass is 16.3. The van der Waals surface area contributed by atoms with Crippen LogP contribution in [-0.2, 0) is 0 Å². The number of fused-ring (bicyclic) bond motifs is 8. The highest BCUT2D eigenvalue weighted by Gasteiger charge is 2.19. The minimum absolute atomic E-state index is 0.574. The Hall–Kier alpha value is -7.89. The molecule has 9 aromatic carbocycles. The summed E-state index contributed by atoms with van der Waals surface area (Å²) in [4.78, 5) is 15.6. The van der Waals surface area contributed by atoms with Gasteiger partial charge in [0, 0.05) is 38.2 Å². The van der Waals surface area contributed by atoms with Gasteiger partial charge in [-0.05, 0) is 98.4 Å². The first-order valence-electron chi connectivity index (χ1n) is 19.4. The largest absolute Gasteiger partial charge is 0.456 e. The highest BCUT2D eigenvalue weighted by Crippen LogP contribution is 2.39. The van der Waals surface area contributed by atoms with Crippen LogP contribution in [0.2, 0.25) is 0 Å². The van der Waals surface area contributed by atoms with E-state index in [1.165, 1.54) is 10.8 Å². The van der Waals surface area contributed by atoms with Gasteiger partial charge >= 0.3 is 0 Å². The average molecular weight is 742 g/mol. The molecule has 12 aromatic rings. The monoisotopic (exact) mass is 741 g/mol. The summed E-state index contributed by atoms with van der Waals surface area (Å²) in [5, 5.41) is 8.77. The molecule has 0 spiro atoms. The van der Waals surface area contributed by atoms with Crippen molar-refractivity contribution in [3.8, 4) is 56.4 Å². The van der Waals surface area contributed by atoms with Gasteiger partial charge in [0.25, 0.3) is 0 Å². The van der Waals surface area contributed by atoms with Crippen LogP contribution >= 0.6 is 0 Å². The summed E-state index contributed by atoms with van der Waals surface area (Å²) in [6.07, 6.45) is 0. The molecule has 0 unspecified atom stereocenters.